The fourth-order valence-corrected chi connectivity index (χ4v) is 1.84. The molecule has 6 nitrogen and oxygen atoms in total. The van der Waals surface area contributed by atoms with E-state index in [2.05, 4.69) is 4.98 Å². The summed E-state index contributed by atoms with van der Waals surface area (Å²) in [6.45, 7) is 3.79. The molecule has 0 spiro atoms. The van der Waals surface area contributed by atoms with E-state index in [9.17, 15) is 9.59 Å². The Morgan fingerprint density at radius 2 is 2.33 bits per heavy atom. The van der Waals surface area contributed by atoms with Gasteiger partial charge in [0.15, 0.2) is 11.2 Å². The van der Waals surface area contributed by atoms with Gasteiger partial charge in [0.1, 0.15) is 6.04 Å². The molecule has 0 N–H and O–H groups in total. The Morgan fingerprint density at radius 3 is 3.00 bits per heavy atom. The van der Waals surface area contributed by atoms with Crippen LogP contribution in [0.15, 0.2) is 27.5 Å². The highest BCUT2D eigenvalue weighted by Gasteiger charge is 2.25. The number of oxazole rings is 1. The van der Waals surface area contributed by atoms with Gasteiger partial charge in [-0.2, -0.15) is 0 Å². The third-order valence-electron chi connectivity index (χ3n) is 2.63. The summed E-state index contributed by atoms with van der Waals surface area (Å²) >= 11 is 0. The molecule has 18 heavy (non-hydrogen) atoms. The second kappa shape index (κ2) is 5.03. The van der Waals surface area contributed by atoms with Crippen LogP contribution in [0, 0.1) is 0 Å². The summed E-state index contributed by atoms with van der Waals surface area (Å²) in [6.07, 6.45) is 1.98. The number of carbonyl (C=O) groups is 1. The zero-order chi connectivity index (χ0) is 13.1. The standard InChI is InChI=1S/C12H14N2O4/c1-3-8(11(15)17-4-2)14-10-9(18-12(14)16)6-5-7-13-10/h5-8H,3-4H2,1-2H3. The Hall–Kier alpha value is -2.11. The largest absolute Gasteiger partial charge is 0.464 e. The topological polar surface area (TPSA) is 74.3 Å². The van der Waals surface area contributed by atoms with Crippen LogP contribution in [0.3, 0.4) is 0 Å². The van der Waals surface area contributed by atoms with Gasteiger partial charge in [0.25, 0.3) is 0 Å². The molecule has 0 saturated carbocycles. The lowest BCUT2D eigenvalue weighted by atomic mass is 10.2. The number of nitrogens with zero attached hydrogens (tertiary/aromatic N) is 2. The number of hydrogen-bond acceptors (Lipinski definition) is 5. The van der Waals surface area contributed by atoms with Gasteiger partial charge in [-0.05, 0) is 25.5 Å². The molecule has 2 aromatic rings. The van der Waals surface area contributed by atoms with Crippen LogP contribution in [0.1, 0.15) is 26.3 Å². The van der Waals surface area contributed by atoms with Gasteiger partial charge in [0, 0.05) is 6.20 Å². The van der Waals surface area contributed by atoms with Gasteiger partial charge in [0.05, 0.1) is 6.61 Å². The SMILES string of the molecule is CCOC(=O)C(CC)n1c(=O)oc2cccnc21. The number of esters is 1. The first-order chi connectivity index (χ1) is 8.69. The van der Waals surface area contributed by atoms with Crippen molar-refractivity contribution >= 4 is 17.2 Å². The molecule has 0 radical (unpaired) electrons. The second-order valence-corrected chi connectivity index (χ2v) is 3.74. The average Bonchev–Trinajstić information content (AvgIpc) is 2.68. The lowest BCUT2D eigenvalue weighted by Gasteiger charge is -2.13. The molecule has 0 fully saturated rings. The molecule has 1 atom stereocenters. The van der Waals surface area contributed by atoms with E-state index in [4.69, 9.17) is 9.15 Å². The maximum atomic E-state index is 11.8. The molecule has 0 aromatic carbocycles. The van der Waals surface area contributed by atoms with Crippen LogP contribution in [0.5, 0.6) is 0 Å². The number of carbonyl (C=O) groups excluding carboxylic acids is 1. The van der Waals surface area contributed by atoms with E-state index in [-0.39, 0.29) is 6.61 Å². The van der Waals surface area contributed by atoms with E-state index in [1.165, 1.54) is 4.57 Å². The van der Waals surface area contributed by atoms with E-state index in [1.807, 2.05) is 0 Å². The minimum atomic E-state index is -0.700. The van der Waals surface area contributed by atoms with E-state index < -0.39 is 17.8 Å². The first kappa shape index (κ1) is 12.3. The molecule has 6 heteroatoms. The molecule has 0 aliphatic heterocycles. The monoisotopic (exact) mass is 250 g/mol. The molecule has 0 aliphatic rings. The minimum Gasteiger partial charge on any atom is -0.464 e. The normalized spacial score (nSPS) is 12.6. The van der Waals surface area contributed by atoms with Gasteiger partial charge >= 0.3 is 11.7 Å². The van der Waals surface area contributed by atoms with E-state index in [0.29, 0.717) is 17.7 Å². The van der Waals surface area contributed by atoms with Gasteiger partial charge in [-0.3, -0.25) is 0 Å². The Kier molecular flexibility index (Phi) is 3.45. The lowest BCUT2D eigenvalue weighted by molar-refractivity contribution is -0.147. The first-order valence-corrected chi connectivity index (χ1v) is 5.81. The highest BCUT2D eigenvalue weighted by molar-refractivity contribution is 5.77. The average molecular weight is 250 g/mol. The summed E-state index contributed by atoms with van der Waals surface area (Å²) in [6, 6.07) is 2.60. The van der Waals surface area contributed by atoms with Gasteiger partial charge in [0.2, 0.25) is 0 Å². The van der Waals surface area contributed by atoms with Crippen LogP contribution < -0.4 is 5.76 Å². The number of pyridine rings is 1. The van der Waals surface area contributed by atoms with Crippen LogP contribution in [-0.2, 0) is 9.53 Å². The molecule has 2 heterocycles. The van der Waals surface area contributed by atoms with Crippen molar-refractivity contribution < 1.29 is 13.9 Å². The Morgan fingerprint density at radius 1 is 1.56 bits per heavy atom. The van der Waals surface area contributed by atoms with Crippen molar-refractivity contribution in [2.45, 2.75) is 26.3 Å². The minimum absolute atomic E-state index is 0.271. The zero-order valence-electron chi connectivity index (χ0n) is 10.3. The van der Waals surface area contributed by atoms with Crippen molar-refractivity contribution in [3.8, 4) is 0 Å². The van der Waals surface area contributed by atoms with Gasteiger partial charge < -0.3 is 9.15 Å². The number of rotatable bonds is 4. The fourth-order valence-electron chi connectivity index (χ4n) is 1.84. The number of ether oxygens (including phenoxy) is 1. The molecule has 2 aromatic heterocycles. The van der Waals surface area contributed by atoms with Crippen LogP contribution in [0.4, 0.5) is 0 Å². The maximum absolute atomic E-state index is 11.8. The molecule has 0 aliphatic carbocycles. The molecular formula is C12H14N2O4. The summed E-state index contributed by atoms with van der Waals surface area (Å²) in [7, 11) is 0. The van der Waals surface area contributed by atoms with Gasteiger partial charge in [-0.1, -0.05) is 6.92 Å². The molecule has 0 amide bonds. The summed E-state index contributed by atoms with van der Waals surface area (Å²) < 4.78 is 11.2. The highest BCUT2D eigenvalue weighted by atomic mass is 16.5. The third-order valence-corrected chi connectivity index (χ3v) is 2.63. The Bertz CT molecular complexity index is 614. The summed E-state index contributed by atoms with van der Waals surface area (Å²) in [5, 5.41) is 0. The third kappa shape index (κ3) is 2.01. The molecule has 96 valence electrons. The summed E-state index contributed by atoms with van der Waals surface area (Å²) in [5.74, 6) is -1.04. The highest BCUT2D eigenvalue weighted by Crippen LogP contribution is 2.18. The smallest absolute Gasteiger partial charge is 0.422 e. The molecule has 1 unspecified atom stereocenters. The number of aromatic nitrogens is 2. The van der Waals surface area contributed by atoms with Gasteiger partial charge in [-0.25, -0.2) is 19.1 Å². The number of hydrogen-bond donors (Lipinski definition) is 0. The maximum Gasteiger partial charge on any atom is 0.422 e. The van der Waals surface area contributed by atoms with Crippen LogP contribution in [0.2, 0.25) is 0 Å². The Balaban J connectivity index is 2.54. The summed E-state index contributed by atoms with van der Waals surface area (Å²) in [4.78, 5) is 27.7. The van der Waals surface area contributed by atoms with Crippen molar-refractivity contribution in [2.24, 2.45) is 0 Å². The second-order valence-electron chi connectivity index (χ2n) is 3.74. The van der Waals surface area contributed by atoms with E-state index >= 15 is 0 Å². The van der Waals surface area contributed by atoms with Crippen molar-refractivity contribution in [3.63, 3.8) is 0 Å². The fraction of sp³-hybridized carbons (Fsp3) is 0.417. The molecule has 0 saturated heterocycles. The van der Waals surface area contributed by atoms with Crippen molar-refractivity contribution in [1.82, 2.24) is 9.55 Å². The van der Waals surface area contributed by atoms with Crippen molar-refractivity contribution in [2.75, 3.05) is 6.61 Å². The first-order valence-electron chi connectivity index (χ1n) is 5.81. The van der Waals surface area contributed by atoms with Gasteiger partial charge in [-0.15, -0.1) is 0 Å². The molecular weight excluding hydrogens is 236 g/mol. The quantitative estimate of drug-likeness (QED) is 0.769. The van der Waals surface area contributed by atoms with Crippen LogP contribution in [-0.4, -0.2) is 22.1 Å². The Labute approximate surface area is 103 Å². The predicted octanol–water partition coefficient (Wildman–Crippen LogP) is 1.50. The van der Waals surface area contributed by atoms with Crippen molar-refractivity contribution in [1.29, 1.82) is 0 Å². The van der Waals surface area contributed by atoms with E-state index in [1.54, 1.807) is 32.2 Å². The lowest BCUT2D eigenvalue weighted by Crippen LogP contribution is -2.28. The zero-order valence-corrected chi connectivity index (χ0v) is 10.3. The molecule has 0 bridgehead atoms. The van der Waals surface area contributed by atoms with E-state index in [0.717, 1.165) is 0 Å². The number of fused-ring (bicyclic) bond motifs is 1. The molecule has 2 rings (SSSR count). The van der Waals surface area contributed by atoms with Crippen LogP contribution in [0.25, 0.3) is 11.2 Å². The van der Waals surface area contributed by atoms with Crippen LogP contribution >= 0.6 is 0 Å². The summed E-state index contributed by atoms with van der Waals surface area (Å²) in [5.41, 5.74) is 0.729. The predicted molar refractivity (Wildman–Crippen MR) is 64.2 cm³/mol. The van der Waals surface area contributed by atoms with Crippen molar-refractivity contribution in [3.05, 3.63) is 28.9 Å².